The summed E-state index contributed by atoms with van der Waals surface area (Å²) in [4.78, 5) is 33.1. The molecule has 0 saturated heterocycles. The van der Waals surface area contributed by atoms with Crippen molar-refractivity contribution in [2.45, 2.75) is 30.3 Å². The zero-order valence-corrected chi connectivity index (χ0v) is 15.4. The zero-order valence-electron chi connectivity index (χ0n) is 14.6. The lowest BCUT2D eigenvalue weighted by Gasteiger charge is -2.32. The van der Waals surface area contributed by atoms with Crippen LogP contribution in [0.2, 0.25) is 0 Å². The van der Waals surface area contributed by atoms with E-state index in [1.54, 1.807) is 0 Å². The van der Waals surface area contributed by atoms with Crippen LogP contribution in [-0.2, 0) is 4.79 Å². The van der Waals surface area contributed by atoms with Crippen LogP contribution in [0.1, 0.15) is 36.3 Å². The summed E-state index contributed by atoms with van der Waals surface area (Å²) in [6.07, 6.45) is 3.92. The van der Waals surface area contributed by atoms with Crippen LogP contribution in [0.25, 0.3) is 0 Å². The molecule has 0 spiro atoms. The molecule has 1 aliphatic carbocycles. The average Bonchev–Trinajstić information content (AvgIpc) is 3.14. The van der Waals surface area contributed by atoms with Crippen molar-refractivity contribution in [3.05, 3.63) is 50.9 Å². The van der Waals surface area contributed by atoms with E-state index in [0.29, 0.717) is 40.0 Å². The van der Waals surface area contributed by atoms with E-state index < -0.39 is 5.92 Å². The van der Waals surface area contributed by atoms with E-state index >= 15 is 0 Å². The van der Waals surface area contributed by atoms with Crippen molar-refractivity contribution in [2.75, 3.05) is 18.4 Å². The second-order valence-electron chi connectivity index (χ2n) is 6.68. The van der Waals surface area contributed by atoms with Gasteiger partial charge in [0.2, 0.25) is 6.79 Å². The number of aromatic nitrogens is 2. The molecule has 0 fully saturated rings. The van der Waals surface area contributed by atoms with Gasteiger partial charge < -0.3 is 19.8 Å². The van der Waals surface area contributed by atoms with E-state index in [1.807, 2.05) is 24.5 Å². The summed E-state index contributed by atoms with van der Waals surface area (Å²) in [6, 6.07) is 5.57. The van der Waals surface area contributed by atoms with Crippen LogP contribution in [0.5, 0.6) is 11.5 Å². The van der Waals surface area contributed by atoms with Crippen molar-refractivity contribution < 1.29 is 14.3 Å². The molecule has 27 heavy (non-hydrogen) atoms. The topological polar surface area (TPSA) is 93.3 Å². The minimum Gasteiger partial charge on any atom is -0.454 e. The Labute approximate surface area is 159 Å². The molecule has 0 bridgehead atoms. The summed E-state index contributed by atoms with van der Waals surface area (Å²) >= 11 is 1.37. The fourth-order valence-corrected chi connectivity index (χ4v) is 4.34. The molecular formula is C19H17N3O4S. The van der Waals surface area contributed by atoms with Crippen molar-refractivity contribution in [2.24, 2.45) is 0 Å². The van der Waals surface area contributed by atoms with Gasteiger partial charge in [0.15, 0.2) is 22.4 Å². The van der Waals surface area contributed by atoms with E-state index in [0.717, 1.165) is 24.1 Å². The van der Waals surface area contributed by atoms with Gasteiger partial charge in [0.1, 0.15) is 5.82 Å². The number of nitrogens with zero attached hydrogens (tertiary/aromatic N) is 1. The number of hydrogen-bond acceptors (Lipinski definition) is 7. The molecule has 3 heterocycles. The number of hydrogen-bond donors (Lipinski definition) is 2. The first-order valence-corrected chi connectivity index (χ1v) is 9.99. The molecule has 0 amide bonds. The molecule has 8 heteroatoms. The standard InChI is InChI=1S/C19H17N3O4S/c1-27-19-21-17-16(18(24)22-19)14(15-10(20-17)3-2-4-11(15)23)9-5-6-12-13(7-9)26-8-25-12/h5-7,14H,2-4,8H2,1H3,(H2,20,21,22,24)/t14-/m1/s1. The fraction of sp³-hybridized carbons (Fsp3) is 0.316. The summed E-state index contributed by atoms with van der Waals surface area (Å²) < 4.78 is 10.9. The summed E-state index contributed by atoms with van der Waals surface area (Å²) in [7, 11) is 0. The Morgan fingerprint density at radius 1 is 1.19 bits per heavy atom. The Balaban J connectivity index is 1.75. The summed E-state index contributed by atoms with van der Waals surface area (Å²) in [5, 5.41) is 3.80. The lowest BCUT2D eigenvalue weighted by molar-refractivity contribution is -0.116. The van der Waals surface area contributed by atoms with Gasteiger partial charge in [0.05, 0.1) is 5.56 Å². The second-order valence-corrected chi connectivity index (χ2v) is 7.47. The van der Waals surface area contributed by atoms with Crippen molar-refractivity contribution >= 4 is 23.4 Å². The number of carbonyl (C=O) groups is 1. The fourth-order valence-electron chi connectivity index (χ4n) is 3.96. The zero-order chi connectivity index (χ0) is 18.5. The first kappa shape index (κ1) is 16.4. The molecule has 2 aliphatic heterocycles. The highest BCUT2D eigenvalue weighted by Gasteiger charge is 2.38. The Bertz CT molecular complexity index is 1060. The molecule has 138 valence electrons. The van der Waals surface area contributed by atoms with Gasteiger partial charge in [0.25, 0.3) is 5.56 Å². The quantitative estimate of drug-likeness (QED) is 0.608. The van der Waals surface area contributed by atoms with Gasteiger partial charge in [-0.3, -0.25) is 9.59 Å². The lowest BCUT2D eigenvalue weighted by Crippen LogP contribution is -2.32. The van der Waals surface area contributed by atoms with E-state index in [1.165, 1.54) is 11.8 Å². The SMILES string of the molecule is CSc1nc2c(c(=O)[nH]1)[C@H](c1ccc3c(c1)OCO3)C1=C(CCCC1=O)N2. The molecule has 3 aliphatic rings. The maximum absolute atomic E-state index is 12.9. The number of Topliss-reactive ketones (excluding diaryl/α,β-unsaturated/α-hetero) is 1. The predicted octanol–water partition coefficient (Wildman–Crippen LogP) is 2.79. The van der Waals surface area contributed by atoms with E-state index in [-0.39, 0.29) is 18.1 Å². The van der Waals surface area contributed by atoms with E-state index in [9.17, 15) is 9.59 Å². The third kappa shape index (κ3) is 2.55. The highest BCUT2D eigenvalue weighted by Crippen LogP contribution is 2.45. The third-order valence-corrected chi connectivity index (χ3v) is 5.74. The van der Waals surface area contributed by atoms with Gasteiger partial charge in [-0.2, -0.15) is 0 Å². The van der Waals surface area contributed by atoms with Crippen LogP contribution in [0, 0.1) is 0 Å². The average molecular weight is 383 g/mol. The molecule has 0 saturated carbocycles. The first-order chi connectivity index (χ1) is 13.2. The molecule has 1 atom stereocenters. The summed E-state index contributed by atoms with van der Waals surface area (Å²) in [5.41, 5.74) is 2.60. The monoisotopic (exact) mass is 383 g/mol. The van der Waals surface area contributed by atoms with Gasteiger partial charge >= 0.3 is 0 Å². The van der Waals surface area contributed by atoms with Crippen LogP contribution in [0.3, 0.4) is 0 Å². The van der Waals surface area contributed by atoms with Crippen molar-refractivity contribution in [3.8, 4) is 11.5 Å². The smallest absolute Gasteiger partial charge is 0.257 e. The van der Waals surface area contributed by atoms with Gasteiger partial charge in [-0.15, -0.1) is 0 Å². The Morgan fingerprint density at radius 2 is 2.04 bits per heavy atom. The minimum atomic E-state index is -0.467. The van der Waals surface area contributed by atoms with Crippen LogP contribution >= 0.6 is 11.8 Å². The number of thioether (sulfide) groups is 1. The van der Waals surface area contributed by atoms with Crippen LogP contribution in [0.15, 0.2) is 39.4 Å². The van der Waals surface area contributed by atoms with Gasteiger partial charge in [-0.05, 0) is 36.8 Å². The van der Waals surface area contributed by atoms with Gasteiger partial charge in [-0.25, -0.2) is 4.98 Å². The highest BCUT2D eigenvalue weighted by molar-refractivity contribution is 7.98. The number of rotatable bonds is 2. The number of allylic oxidation sites excluding steroid dienone is 2. The second kappa shape index (κ2) is 6.16. The van der Waals surface area contributed by atoms with Gasteiger partial charge in [0, 0.05) is 23.6 Å². The van der Waals surface area contributed by atoms with Crippen LogP contribution in [-0.4, -0.2) is 28.8 Å². The Hall–Kier alpha value is -2.74. The molecule has 0 unspecified atom stereocenters. The summed E-state index contributed by atoms with van der Waals surface area (Å²) in [6.45, 7) is 0.174. The molecule has 7 nitrogen and oxygen atoms in total. The van der Waals surface area contributed by atoms with Crippen molar-refractivity contribution in [3.63, 3.8) is 0 Å². The Kier molecular flexibility index (Phi) is 3.75. The van der Waals surface area contributed by atoms with Crippen molar-refractivity contribution in [1.29, 1.82) is 0 Å². The number of ketones is 1. The normalized spacial score (nSPS) is 20.2. The molecule has 1 aromatic heterocycles. The Morgan fingerprint density at radius 3 is 2.89 bits per heavy atom. The van der Waals surface area contributed by atoms with Crippen LogP contribution in [0.4, 0.5) is 5.82 Å². The number of ether oxygens (including phenoxy) is 2. The molecule has 1 aromatic carbocycles. The van der Waals surface area contributed by atoms with Gasteiger partial charge in [-0.1, -0.05) is 17.8 Å². The molecule has 0 radical (unpaired) electrons. The lowest BCUT2D eigenvalue weighted by atomic mass is 9.76. The molecular weight excluding hydrogens is 366 g/mol. The number of anilines is 1. The van der Waals surface area contributed by atoms with E-state index in [4.69, 9.17) is 9.47 Å². The number of H-pyrrole nitrogens is 1. The first-order valence-electron chi connectivity index (χ1n) is 8.76. The third-order valence-electron chi connectivity index (χ3n) is 5.16. The number of nitrogens with one attached hydrogen (secondary N) is 2. The number of aromatic amines is 1. The number of benzene rings is 1. The largest absolute Gasteiger partial charge is 0.454 e. The molecule has 5 rings (SSSR count). The van der Waals surface area contributed by atoms with Crippen LogP contribution < -0.4 is 20.3 Å². The van der Waals surface area contributed by atoms with E-state index in [2.05, 4.69) is 15.3 Å². The summed E-state index contributed by atoms with van der Waals surface area (Å²) in [5.74, 6) is 1.43. The number of fused-ring (bicyclic) bond motifs is 2. The maximum atomic E-state index is 12.9. The minimum absolute atomic E-state index is 0.0745. The van der Waals surface area contributed by atoms with Crippen molar-refractivity contribution in [1.82, 2.24) is 9.97 Å². The molecule has 2 aromatic rings. The highest BCUT2D eigenvalue weighted by atomic mass is 32.2. The maximum Gasteiger partial charge on any atom is 0.257 e. The predicted molar refractivity (Wildman–Crippen MR) is 101 cm³/mol. The number of carbonyl (C=O) groups excluding carboxylic acids is 1. The molecule has 2 N–H and O–H groups in total.